The van der Waals surface area contributed by atoms with Gasteiger partial charge in [-0.15, -0.1) is 0 Å². The summed E-state index contributed by atoms with van der Waals surface area (Å²) in [5.41, 5.74) is 5.69. The maximum absolute atomic E-state index is 13.7. The summed E-state index contributed by atoms with van der Waals surface area (Å²) in [5, 5.41) is 1.09. The Hall–Kier alpha value is -4.53. The van der Waals surface area contributed by atoms with Crippen molar-refractivity contribution in [1.29, 1.82) is 0 Å². The number of carbonyl (C=O) groups excluding carboxylic acids is 1. The Morgan fingerprint density at radius 1 is 1.02 bits per heavy atom. The van der Waals surface area contributed by atoms with E-state index in [-0.39, 0.29) is 5.91 Å². The molecule has 3 heterocycles. The van der Waals surface area contributed by atoms with Gasteiger partial charge in [-0.2, -0.15) is 13.2 Å². The summed E-state index contributed by atoms with van der Waals surface area (Å²) < 4.78 is 49.3. The van der Waals surface area contributed by atoms with Gasteiger partial charge in [0.2, 0.25) is 0 Å². The number of imidazole rings is 1. The van der Waals surface area contributed by atoms with Gasteiger partial charge in [-0.3, -0.25) is 4.79 Å². The number of hydrogen-bond acceptors (Lipinski definition) is 3. The summed E-state index contributed by atoms with van der Waals surface area (Å²) >= 11 is 0. The zero-order valence-electron chi connectivity index (χ0n) is 26.3. The molecule has 1 saturated heterocycles. The van der Waals surface area contributed by atoms with Crippen LogP contribution in [0.25, 0.3) is 45.6 Å². The van der Waals surface area contributed by atoms with Gasteiger partial charge in [-0.1, -0.05) is 36.4 Å². The average Bonchev–Trinajstić information content (AvgIpc) is 3.51. The van der Waals surface area contributed by atoms with E-state index in [1.807, 2.05) is 37.4 Å². The van der Waals surface area contributed by atoms with E-state index in [0.717, 1.165) is 76.6 Å². The maximum atomic E-state index is 13.7. The first-order valence-electron chi connectivity index (χ1n) is 16.4. The van der Waals surface area contributed by atoms with Crippen molar-refractivity contribution in [3.05, 3.63) is 82.9 Å². The van der Waals surface area contributed by atoms with Crippen molar-refractivity contribution in [2.75, 3.05) is 13.7 Å². The van der Waals surface area contributed by atoms with E-state index in [2.05, 4.69) is 32.2 Å². The van der Waals surface area contributed by atoms with Crippen molar-refractivity contribution in [1.82, 2.24) is 19.0 Å². The van der Waals surface area contributed by atoms with E-state index in [4.69, 9.17) is 9.72 Å². The molecule has 5 aliphatic rings. The highest BCUT2D eigenvalue weighted by atomic mass is 19.4. The van der Waals surface area contributed by atoms with Crippen LogP contribution in [-0.4, -0.2) is 44.6 Å². The number of alkyl halides is 3. The highest BCUT2D eigenvalue weighted by molar-refractivity contribution is 6.01. The second kappa shape index (κ2) is 9.99. The number of likely N-dealkylation sites (tertiary alicyclic amines) is 1. The summed E-state index contributed by atoms with van der Waals surface area (Å²) in [6.07, 6.45) is 5.48. The molecule has 3 aromatic carbocycles. The highest BCUT2D eigenvalue weighted by Crippen LogP contribution is 2.66. The van der Waals surface area contributed by atoms with Gasteiger partial charge in [0.25, 0.3) is 5.91 Å². The molecule has 5 aromatic rings. The van der Waals surface area contributed by atoms with E-state index in [9.17, 15) is 18.0 Å². The van der Waals surface area contributed by atoms with E-state index in [1.54, 1.807) is 7.11 Å². The van der Waals surface area contributed by atoms with Crippen LogP contribution in [0.3, 0.4) is 0 Å². The van der Waals surface area contributed by atoms with Crippen LogP contribution < -0.4 is 4.74 Å². The normalized spacial score (nSPS) is 23.4. The number of nitrogens with zero attached hydrogens (tertiary/aromatic N) is 4. The molecule has 1 amide bonds. The Morgan fingerprint density at radius 3 is 2.47 bits per heavy atom. The van der Waals surface area contributed by atoms with Gasteiger partial charge in [0, 0.05) is 48.1 Å². The van der Waals surface area contributed by atoms with Gasteiger partial charge in [0.1, 0.15) is 11.3 Å². The van der Waals surface area contributed by atoms with E-state index in [1.165, 1.54) is 37.8 Å². The smallest absolute Gasteiger partial charge is 0.416 e. The molecule has 2 bridgehead atoms. The van der Waals surface area contributed by atoms with Gasteiger partial charge in [0.15, 0.2) is 5.82 Å². The summed E-state index contributed by atoms with van der Waals surface area (Å²) in [7, 11) is 3.64. The Bertz CT molecular complexity index is 2110. The van der Waals surface area contributed by atoms with Crippen LogP contribution in [-0.2, 0) is 19.8 Å². The number of methoxy groups -OCH3 is 1. The van der Waals surface area contributed by atoms with Crippen LogP contribution in [0.2, 0.25) is 0 Å². The summed E-state index contributed by atoms with van der Waals surface area (Å²) in [5.74, 6) is 2.91. The second-order valence-electron chi connectivity index (χ2n) is 14.2. The van der Waals surface area contributed by atoms with Gasteiger partial charge in [-0.05, 0) is 91.5 Å². The number of hydrogen-bond donors (Lipinski definition) is 0. The standard InChI is InChI=1S/C38H35F3N4O2/c1-43-34-29(15-27(17-32(34)47-2)36(46)45-21-37-18-25(19-37)14-33(37)45)42-35(43)31-16-26-10-7-23(13-30(26)44(31)20-24-5-6-24)4-3-22-8-11-28(12-9-22)38(39,40)41/h3-4,7-13,15-17,24-25,33H,5-6,14,18-21H2,1-2H3/b4-3+. The second-order valence-corrected chi connectivity index (χ2v) is 14.2. The maximum Gasteiger partial charge on any atom is 0.416 e. The zero-order chi connectivity index (χ0) is 32.2. The molecule has 240 valence electrons. The van der Waals surface area contributed by atoms with Gasteiger partial charge < -0.3 is 18.8 Å². The third-order valence-electron chi connectivity index (χ3n) is 11.2. The van der Waals surface area contributed by atoms with E-state index >= 15 is 0 Å². The minimum absolute atomic E-state index is 0.0697. The number of benzene rings is 3. The predicted molar refractivity (Wildman–Crippen MR) is 176 cm³/mol. The average molecular weight is 637 g/mol. The van der Waals surface area contributed by atoms with Crippen molar-refractivity contribution in [2.45, 2.75) is 50.9 Å². The molecule has 1 atom stereocenters. The molecule has 2 aromatic heterocycles. The topological polar surface area (TPSA) is 52.3 Å². The molecule has 10 rings (SSSR count). The molecule has 1 unspecified atom stereocenters. The lowest BCUT2D eigenvalue weighted by Gasteiger charge is -2.56. The molecule has 0 radical (unpaired) electrons. The van der Waals surface area contributed by atoms with Crippen LogP contribution in [0.15, 0.2) is 60.7 Å². The molecule has 47 heavy (non-hydrogen) atoms. The molecule has 1 spiro atoms. The van der Waals surface area contributed by atoms with Gasteiger partial charge >= 0.3 is 6.18 Å². The van der Waals surface area contributed by atoms with Crippen molar-refractivity contribution in [2.24, 2.45) is 24.3 Å². The third kappa shape index (κ3) is 4.53. The monoisotopic (exact) mass is 636 g/mol. The molecule has 9 heteroatoms. The van der Waals surface area contributed by atoms with Crippen molar-refractivity contribution in [3.63, 3.8) is 0 Å². The van der Waals surface area contributed by atoms with E-state index < -0.39 is 11.7 Å². The molecule has 0 N–H and O–H groups in total. The fraction of sp³-hybridized carbons (Fsp3) is 0.368. The number of halogens is 3. The quantitative estimate of drug-likeness (QED) is 0.169. The van der Waals surface area contributed by atoms with Crippen LogP contribution >= 0.6 is 0 Å². The van der Waals surface area contributed by atoms with Gasteiger partial charge in [0.05, 0.1) is 23.9 Å². The van der Waals surface area contributed by atoms with Crippen LogP contribution in [0.5, 0.6) is 5.75 Å². The van der Waals surface area contributed by atoms with Crippen molar-refractivity contribution in [3.8, 4) is 17.3 Å². The lowest BCUT2D eigenvalue weighted by molar-refractivity contribution is -0.137. The Balaban J connectivity index is 1.07. The zero-order valence-corrected chi connectivity index (χ0v) is 26.3. The minimum Gasteiger partial charge on any atom is -0.494 e. The van der Waals surface area contributed by atoms with Crippen LogP contribution in [0, 0.1) is 17.3 Å². The molecule has 6 nitrogen and oxygen atoms in total. The first-order chi connectivity index (χ1) is 22.6. The van der Waals surface area contributed by atoms with Crippen molar-refractivity contribution >= 4 is 40.0 Å². The predicted octanol–water partition coefficient (Wildman–Crippen LogP) is 8.43. The fourth-order valence-electron chi connectivity index (χ4n) is 8.61. The lowest BCUT2D eigenvalue weighted by atomic mass is 9.63. The number of rotatable bonds is 7. The third-order valence-corrected chi connectivity index (χ3v) is 11.2. The summed E-state index contributed by atoms with van der Waals surface area (Å²) in [4.78, 5) is 20.9. The molecular weight excluding hydrogens is 601 g/mol. The van der Waals surface area contributed by atoms with Gasteiger partial charge in [-0.25, -0.2) is 4.98 Å². The molecule has 4 aliphatic carbocycles. The van der Waals surface area contributed by atoms with Crippen LogP contribution in [0.1, 0.15) is 59.2 Å². The number of fused-ring (bicyclic) bond motifs is 2. The number of carbonyl (C=O) groups is 1. The highest BCUT2D eigenvalue weighted by Gasteiger charge is 2.67. The molecule has 1 aliphatic heterocycles. The lowest BCUT2D eigenvalue weighted by Crippen LogP contribution is -2.64. The Morgan fingerprint density at radius 2 is 1.77 bits per heavy atom. The Labute approximate surface area is 270 Å². The SMILES string of the molecule is COc1cc(C(=O)N2CC34CC(CC23)C4)cc2nc(-c3cc4ccc(/C=C/c5ccc(C(F)(F)F)cc5)cc4n3CC3CC3)n(C)c12. The number of aryl methyl sites for hydroxylation is 1. The number of amides is 1. The largest absolute Gasteiger partial charge is 0.494 e. The number of ether oxygens (including phenoxy) is 1. The van der Waals surface area contributed by atoms with Crippen molar-refractivity contribution < 1.29 is 22.7 Å². The Kier molecular flexibility index (Phi) is 6.09. The molecule has 4 saturated carbocycles. The van der Waals surface area contributed by atoms with E-state index in [0.29, 0.717) is 34.3 Å². The fourth-order valence-corrected chi connectivity index (χ4v) is 8.61. The minimum atomic E-state index is -4.35. The summed E-state index contributed by atoms with van der Waals surface area (Å²) in [6.45, 7) is 1.73. The molecular formula is C38H35F3N4O2. The number of aromatic nitrogens is 3. The first kappa shape index (κ1) is 28.7. The molecule has 5 fully saturated rings. The van der Waals surface area contributed by atoms with Crippen LogP contribution in [0.4, 0.5) is 13.2 Å². The summed E-state index contributed by atoms with van der Waals surface area (Å²) in [6, 6.07) is 17.8. The first-order valence-corrected chi connectivity index (χ1v) is 16.4.